The van der Waals surface area contributed by atoms with E-state index >= 15 is 0 Å². The van der Waals surface area contributed by atoms with Crippen LogP contribution < -0.4 is 10.6 Å². The molecule has 158 valence electrons. The molecular weight excluding hydrogens is 396 g/mol. The minimum atomic E-state index is -0.633. The van der Waals surface area contributed by atoms with Gasteiger partial charge < -0.3 is 20.5 Å². The van der Waals surface area contributed by atoms with Crippen molar-refractivity contribution < 1.29 is 4.79 Å². The van der Waals surface area contributed by atoms with E-state index in [0.29, 0.717) is 17.5 Å². The third-order valence-corrected chi connectivity index (χ3v) is 6.34. The molecule has 1 aromatic heterocycles. The molecule has 0 unspecified atom stereocenters. The molecule has 0 spiro atoms. The number of aromatic nitrogens is 1. The average molecular weight is 425 g/mol. The number of carbonyl (C=O) groups excluding carboxylic acids is 1. The summed E-state index contributed by atoms with van der Waals surface area (Å²) in [5.41, 5.74) is 10.7. The number of H-pyrrole nitrogens is 1. The van der Waals surface area contributed by atoms with Gasteiger partial charge in [0.05, 0.1) is 6.04 Å². The Kier molecular flexibility index (Phi) is 5.87. The fourth-order valence-electron chi connectivity index (χ4n) is 4.62. The van der Waals surface area contributed by atoms with Crippen LogP contribution in [0.4, 0.5) is 5.69 Å². The highest BCUT2D eigenvalue weighted by atomic mass is 35.5. The van der Waals surface area contributed by atoms with Crippen molar-refractivity contribution >= 4 is 34.1 Å². The molecule has 0 saturated carbocycles. The number of carbonyl (C=O) groups is 1. The molecule has 30 heavy (non-hydrogen) atoms. The van der Waals surface area contributed by atoms with Gasteiger partial charge in [-0.2, -0.15) is 0 Å². The number of benzene rings is 2. The number of nitrogens with two attached hydrogens (primary N) is 1. The fourth-order valence-corrected chi connectivity index (χ4v) is 4.81. The molecule has 3 atom stereocenters. The number of nitrogens with zero attached hydrogens (tertiary/aromatic N) is 2. The van der Waals surface area contributed by atoms with Crippen molar-refractivity contribution in [1.82, 2.24) is 9.88 Å². The average Bonchev–Trinajstić information content (AvgIpc) is 3.15. The van der Waals surface area contributed by atoms with Gasteiger partial charge in [0.15, 0.2) is 0 Å². The van der Waals surface area contributed by atoms with Gasteiger partial charge in [-0.05, 0) is 61.8 Å². The first-order chi connectivity index (χ1) is 14.3. The van der Waals surface area contributed by atoms with Crippen molar-refractivity contribution in [3.05, 3.63) is 64.8 Å². The molecule has 0 fully saturated rings. The molecule has 3 aromatic rings. The van der Waals surface area contributed by atoms with Gasteiger partial charge in [0, 0.05) is 46.8 Å². The third kappa shape index (κ3) is 3.97. The quantitative estimate of drug-likeness (QED) is 0.650. The lowest BCUT2D eigenvalue weighted by molar-refractivity contribution is -0.120. The number of anilines is 1. The Morgan fingerprint density at radius 2 is 2.07 bits per heavy atom. The summed E-state index contributed by atoms with van der Waals surface area (Å²) < 4.78 is 0. The van der Waals surface area contributed by atoms with Crippen LogP contribution in [-0.2, 0) is 11.2 Å². The summed E-state index contributed by atoms with van der Waals surface area (Å²) in [6.07, 6.45) is 2.88. The van der Waals surface area contributed by atoms with Crippen molar-refractivity contribution in [3.63, 3.8) is 0 Å². The lowest BCUT2D eigenvalue weighted by Crippen LogP contribution is -2.51. The largest absolute Gasteiger partial charge is 0.361 e. The first-order valence-corrected chi connectivity index (χ1v) is 10.8. The number of hydrogen-bond donors (Lipinski definition) is 2. The molecule has 0 radical (unpaired) electrons. The lowest BCUT2D eigenvalue weighted by atomic mass is 9.89. The first-order valence-electron chi connectivity index (χ1n) is 10.4. The van der Waals surface area contributed by atoms with E-state index in [1.54, 1.807) is 0 Å². The van der Waals surface area contributed by atoms with Crippen molar-refractivity contribution in [1.29, 1.82) is 0 Å². The number of rotatable bonds is 5. The zero-order valence-electron chi connectivity index (χ0n) is 17.7. The summed E-state index contributed by atoms with van der Waals surface area (Å²) in [5, 5.41) is 1.81. The second-order valence-corrected chi connectivity index (χ2v) is 9.09. The van der Waals surface area contributed by atoms with E-state index in [2.05, 4.69) is 30.0 Å². The second-order valence-electron chi connectivity index (χ2n) is 8.66. The van der Waals surface area contributed by atoms with Crippen molar-refractivity contribution in [2.75, 3.05) is 32.1 Å². The molecule has 0 bridgehead atoms. The summed E-state index contributed by atoms with van der Waals surface area (Å²) in [4.78, 5) is 20.9. The minimum Gasteiger partial charge on any atom is -0.361 e. The molecule has 1 aliphatic rings. The lowest BCUT2D eigenvalue weighted by Gasteiger charge is -2.38. The van der Waals surface area contributed by atoms with E-state index in [1.807, 2.05) is 54.4 Å². The normalized spacial score (nSPS) is 18.5. The van der Waals surface area contributed by atoms with Crippen LogP contribution in [-0.4, -0.2) is 49.0 Å². The standard InChI is InChI=1S/C24H29ClN4O/c1-15(20-12-27-21-7-5-4-6-19(20)21)23(26)24(30)29-14-16(13-28(2)3)10-17-11-18(25)8-9-22(17)29/h4-9,11-12,15-16,23,27H,10,13-14,26H2,1-3H3/t15-,16+,23-/m0/s1. The van der Waals surface area contributed by atoms with Gasteiger partial charge in [-0.15, -0.1) is 0 Å². The fraction of sp³-hybridized carbons (Fsp3) is 0.375. The molecule has 0 aliphatic carbocycles. The highest BCUT2D eigenvalue weighted by Gasteiger charge is 2.34. The highest BCUT2D eigenvalue weighted by molar-refractivity contribution is 6.30. The predicted octanol–water partition coefficient (Wildman–Crippen LogP) is 4.02. The molecule has 1 amide bonds. The maximum atomic E-state index is 13.6. The minimum absolute atomic E-state index is 0.0418. The van der Waals surface area contributed by atoms with E-state index in [9.17, 15) is 4.79 Å². The SMILES string of the molecule is C[C@@H](c1c[nH]c2ccccc12)[C@H](N)C(=O)N1C[C@@H](CN(C)C)Cc2cc(Cl)ccc21. The molecule has 4 rings (SSSR count). The van der Waals surface area contributed by atoms with Crippen LogP contribution >= 0.6 is 11.6 Å². The van der Waals surface area contributed by atoms with Crippen LogP contribution in [0.1, 0.15) is 24.0 Å². The van der Waals surface area contributed by atoms with E-state index in [1.165, 1.54) is 0 Å². The van der Waals surface area contributed by atoms with Gasteiger partial charge in [0.2, 0.25) is 5.91 Å². The number of nitrogens with one attached hydrogen (secondary N) is 1. The van der Waals surface area contributed by atoms with Gasteiger partial charge in [-0.3, -0.25) is 4.79 Å². The molecule has 2 heterocycles. The van der Waals surface area contributed by atoms with Crippen LogP contribution in [0.5, 0.6) is 0 Å². The van der Waals surface area contributed by atoms with Crippen molar-refractivity contribution in [3.8, 4) is 0 Å². The smallest absolute Gasteiger partial charge is 0.244 e. The Morgan fingerprint density at radius 3 is 2.83 bits per heavy atom. The van der Waals surface area contributed by atoms with Crippen LogP contribution in [0, 0.1) is 5.92 Å². The van der Waals surface area contributed by atoms with Gasteiger partial charge in [-0.1, -0.05) is 36.7 Å². The number of amides is 1. The zero-order chi connectivity index (χ0) is 21.4. The first kappa shape index (κ1) is 20.9. The van der Waals surface area contributed by atoms with Crippen LogP contribution in [0.15, 0.2) is 48.7 Å². The number of hydrogen-bond acceptors (Lipinski definition) is 3. The van der Waals surface area contributed by atoms with E-state index in [4.69, 9.17) is 17.3 Å². The molecule has 2 aromatic carbocycles. The summed E-state index contributed by atoms with van der Waals surface area (Å²) >= 11 is 6.25. The molecular formula is C24H29ClN4O. The topological polar surface area (TPSA) is 65.4 Å². The predicted molar refractivity (Wildman–Crippen MR) is 124 cm³/mol. The maximum Gasteiger partial charge on any atom is 0.244 e. The van der Waals surface area contributed by atoms with Gasteiger partial charge in [0.1, 0.15) is 0 Å². The monoisotopic (exact) mass is 424 g/mol. The number of aromatic amines is 1. The van der Waals surface area contributed by atoms with Gasteiger partial charge in [0.25, 0.3) is 0 Å². The Labute approximate surface area is 182 Å². The molecule has 3 N–H and O–H groups in total. The Hall–Kier alpha value is -2.34. The summed E-state index contributed by atoms with van der Waals surface area (Å²) in [6.45, 7) is 3.60. The third-order valence-electron chi connectivity index (χ3n) is 6.11. The van der Waals surface area contributed by atoms with Crippen molar-refractivity contribution in [2.45, 2.75) is 25.3 Å². The number of fused-ring (bicyclic) bond motifs is 2. The molecule has 1 aliphatic heterocycles. The molecule has 5 nitrogen and oxygen atoms in total. The number of para-hydroxylation sites is 1. The van der Waals surface area contributed by atoms with Gasteiger partial charge >= 0.3 is 0 Å². The maximum absolute atomic E-state index is 13.6. The van der Waals surface area contributed by atoms with Gasteiger partial charge in [-0.25, -0.2) is 0 Å². The van der Waals surface area contributed by atoms with E-state index in [0.717, 1.165) is 40.7 Å². The molecule has 6 heteroatoms. The van der Waals surface area contributed by atoms with E-state index in [-0.39, 0.29) is 11.8 Å². The highest BCUT2D eigenvalue weighted by Crippen LogP contribution is 2.34. The zero-order valence-corrected chi connectivity index (χ0v) is 18.5. The second kappa shape index (κ2) is 8.42. The summed E-state index contributed by atoms with van der Waals surface area (Å²) in [5.74, 6) is 0.184. The summed E-state index contributed by atoms with van der Waals surface area (Å²) in [6, 6.07) is 13.3. The van der Waals surface area contributed by atoms with E-state index < -0.39 is 6.04 Å². The van der Waals surface area contributed by atoms with Crippen molar-refractivity contribution in [2.24, 2.45) is 11.7 Å². The van der Waals surface area contributed by atoms with Crippen LogP contribution in [0.3, 0.4) is 0 Å². The Balaban J connectivity index is 1.63. The Bertz CT molecular complexity index is 1060. The number of halogens is 1. The van der Waals surface area contributed by atoms with Crippen LogP contribution in [0.2, 0.25) is 5.02 Å². The summed E-state index contributed by atoms with van der Waals surface area (Å²) in [7, 11) is 4.12. The van der Waals surface area contributed by atoms with Crippen LogP contribution in [0.25, 0.3) is 10.9 Å². The molecule has 0 saturated heterocycles. The Morgan fingerprint density at radius 1 is 1.30 bits per heavy atom.